The highest BCUT2D eigenvalue weighted by atomic mass is 32.1. The van der Waals surface area contributed by atoms with Crippen molar-refractivity contribution < 1.29 is 0 Å². The number of hydrogen-bond acceptors (Lipinski definition) is 3. The fraction of sp³-hybridized carbons (Fsp3) is 0.465. The number of anilines is 6. The van der Waals surface area contributed by atoms with Gasteiger partial charge in [0, 0.05) is 43.3 Å². The molecule has 6 aromatic carbocycles. The molecule has 75 heavy (non-hydrogen) atoms. The first-order valence-corrected chi connectivity index (χ1v) is 30.2. The van der Waals surface area contributed by atoms with Crippen molar-refractivity contribution in [3.8, 4) is 11.1 Å². The molecule has 0 unspecified atom stereocenters. The van der Waals surface area contributed by atoms with E-state index in [-0.39, 0.29) is 44.6 Å². The van der Waals surface area contributed by atoms with Crippen LogP contribution in [-0.4, -0.2) is 6.71 Å². The van der Waals surface area contributed by atoms with Crippen LogP contribution in [0.5, 0.6) is 0 Å². The molecular formula is C71H83BN2S. The maximum absolute atomic E-state index is 2.80. The largest absolute Gasteiger partial charge is 0.311 e. The highest BCUT2D eigenvalue weighted by Gasteiger charge is 2.51. The van der Waals surface area contributed by atoms with E-state index in [1.165, 1.54) is 169 Å². The highest BCUT2D eigenvalue weighted by molar-refractivity contribution is 7.33. The van der Waals surface area contributed by atoms with Crippen LogP contribution in [0.2, 0.25) is 0 Å². The molecule has 0 spiro atoms. The van der Waals surface area contributed by atoms with Crippen LogP contribution in [0.3, 0.4) is 0 Å². The monoisotopic (exact) mass is 1010 g/mol. The van der Waals surface area contributed by atoms with Crippen molar-refractivity contribution in [1.82, 2.24) is 0 Å². The van der Waals surface area contributed by atoms with Crippen molar-refractivity contribution in [2.45, 2.75) is 212 Å². The first-order chi connectivity index (χ1) is 35.5. The number of unbranched alkanes of at least 4 members (excludes halogenated alkanes) is 1. The number of hydrogen-bond donors (Lipinski definition) is 0. The van der Waals surface area contributed by atoms with Crippen LogP contribution < -0.4 is 25.5 Å². The number of fused-ring (bicyclic) bond motifs is 10. The molecule has 3 heterocycles. The van der Waals surface area contributed by atoms with E-state index in [0.29, 0.717) is 0 Å². The van der Waals surface area contributed by atoms with Gasteiger partial charge in [-0.15, -0.1) is 11.3 Å². The van der Waals surface area contributed by atoms with Crippen LogP contribution in [0, 0.1) is 0 Å². The molecule has 4 heteroatoms. The second-order valence-corrected chi connectivity index (χ2v) is 29.7. The van der Waals surface area contributed by atoms with Crippen molar-refractivity contribution in [3.63, 3.8) is 0 Å². The number of thiophene rings is 1. The fourth-order valence-corrected chi connectivity index (χ4v) is 17.3. The predicted octanol–water partition coefficient (Wildman–Crippen LogP) is 18.5. The molecule has 2 nitrogen and oxygen atoms in total. The lowest BCUT2D eigenvalue weighted by atomic mass is 9.35. The van der Waals surface area contributed by atoms with Gasteiger partial charge in [0.25, 0.3) is 6.71 Å². The summed E-state index contributed by atoms with van der Waals surface area (Å²) in [6.07, 6.45) is 14.6. The van der Waals surface area contributed by atoms with Crippen LogP contribution in [-0.2, 0) is 44.3 Å². The number of aryl methyl sites for hydroxylation is 1. The van der Waals surface area contributed by atoms with Crippen molar-refractivity contribution in [1.29, 1.82) is 0 Å². The Labute approximate surface area is 455 Å². The molecule has 0 radical (unpaired) electrons. The van der Waals surface area contributed by atoms with Gasteiger partial charge >= 0.3 is 0 Å². The molecule has 0 atom stereocenters. The van der Waals surface area contributed by atoms with Gasteiger partial charge in [0.1, 0.15) is 0 Å². The third-order valence-electron chi connectivity index (χ3n) is 21.3. The molecule has 1 aromatic heterocycles. The SMILES string of the molecule is CCCCC(C)(C)c1ccc(N2c3cc4c(cc3B3c5sc6cc7c(cc6c5N(c5ccc6c(c5)C(C)(C)CCC6(C)C)c5cc(-c6ccccc6)cc2c53)C2(C)CCC7(C)CC2)C(C)(C)CCC4(C)C)cc1CC. The summed E-state index contributed by atoms with van der Waals surface area (Å²) in [5.41, 5.74) is 26.6. The summed E-state index contributed by atoms with van der Waals surface area (Å²) in [5.74, 6) is 0. The summed E-state index contributed by atoms with van der Waals surface area (Å²) in [4.78, 5) is 5.56. The van der Waals surface area contributed by atoms with Crippen LogP contribution in [0.25, 0.3) is 21.2 Å². The van der Waals surface area contributed by atoms with Gasteiger partial charge in [0.05, 0.1) is 5.69 Å². The summed E-state index contributed by atoms with van der Waals surface area (Å²) < 4.78 is 2.96. The Bertz CT molecular complexity index is 3500. The normalized spacial score (nSPS) is 23.0. The Balaban J connectivity index is 1.17. The van der Waals surface area contributed by atoms with E-state index in [0.717, 1.165) is 6.42 Å². The molecule has 0 saturated heterocycles. The second kappa shape index (κ2) is 16.5. The van der Waals surface area contributed by atoms with Gasteiger partial charge in [-0.3, -0.25) is 0 Å². The molecule has 7 aliphatic rings. The smallest absolute Gasteiger partial charge is 0.264 e. The van der Waals surface area contributed by atoms with Crippen molar-refractivity contribution in [2.75, 3.05) is 9.80 Å². The van der Waals surface area contributed by atoms with Gasteiger partial charge in [-0.05, 0) is 223 Å². The topological polar surface area (TPSA) is 6.48 Å². The van der Waals surface area contributed by atoms with Crippen LogP contribution in [0.15, 0.2) is 103 Å². The van der Waals surface area contributed by atoms with Gasteiger partial charge in [0.15, 0.2) is 0 Å². The van der Waals surface area contributed by atoms with E-state index < -0.39 is 0 Å². The van der Waals surface area contributed by atoms with Gasteiger partial charge in [0.2, 0.25) is 0 Å². The molecule has 14 rings (SSSR count). The number of rotatable bonds is 8. The third kappa shape index (κ3) is 7.29. The van der Waals surface area contributed by atoms with Crippen molar-refractivity contribution in [2.24, 2.45) is 0 Å². The minimum absolute atomic E-state index is 0.0518. The molecule has 386 valence electrons. The Morgan fingerprint density at radius 2 is 1.08 bits per heavy atom. The summed E-state index contributed by atoms with van der Waals surface area (Å²) in [6, 6.07) is 42.7. The zero-order valence-electron chi connectivity index (χ0n) is 48.2. The molecule has 0 amide bonds. The minimum atomic E-state index is 0.0518. The maximum Gasteiger partial charge on any atom is 0.264 e. The third-order valence-corrected chi connectivity index (χ3v) is 22.6. The lowest BCUT2D eigenvalue weighted by Crippen LogP contribution is -2.61. The minimum Gasteiger partial charge on any atom is -0.311 e. The summed E-state index contributed by atoms with van der Waals surface area (Å²) in [6.45, 7) is 35.0. The highest BCUT2D eigenvalue weighted by Crippen LogP contribution is 2.60. The number of nitrogens with zero attached hydrogens (tertiary/aromatic N) is 2. The van der Waals surface area contributed by atoms with Gasteiger partial charge in [-0.1, -0.05) is 158 Å². The molecule has 2 bridgehead atoms. The van der Waals surface area contributed by atoms with Gasteiger partial charge < -0.3 is 9.80 Å². The lowest BCUT2D eigenvalue weighted by molar-refractivity contribution is 0.188. The zero-order chi connectivity index (χ0) is 52.6. The molecule has 1 saturated carbocycles. The molecule has 0 N–H and O–H groups in total. The van der Waals surface area contributed by atoms with Crippen molar-refractivity contribution >= 4 is 78.0 Å². The predicted molar refractivity (Wildman–Crippen MR) is 327 cm³/mol. The Morgan fingerprint density at radius 1 is 0.520 bits per heavy atom. The first kappa shape index (κ1) is 49.5. The van der Waals surface area contributed by atoms with E-state index in [2.05, 4.69) is 221 Å². The summed E-state index contributed by atoms with van der Waals surface area (Å²) in [5, 5.41) is 1.44. The van der Waals surface area contributed by atoms with E-state index in [9.17, 15) is 0 Å². The standard InChI is InChI=1S/C71H83BN2S/c1-15-17-27-65(3,4)50-25-23-47(36-44(50)16-2)73-58-42-54-53(68(9,10)30-31-69(54,11)12)41-57(58)72-62-59(73)37-46(45-21-19-18-20-22-45)38-60(62)74(48-24-26-51-52(39-48)67(7,8)29-28-66(51,5)6)63-49-40-55-56(43-61(49)75-64(63)72)71(14)34-32-70(55,13)33-35-71/h18-26,36-43H,15-17,27-35H2,1-14H3. The maximum atomic E-state index is 2.80. The van der Waals surface area contributed by atoms with Gasteiger partial charge in [-0.25, -0.2) is 0 Å². The zero-order valence-corrected chi connectivity index (χ0v) is 49.0. The molecular weight excluding hydrogens is 924 g/mol. The lowest BCUT2D eigenvalue weighted by Gasteiger charge is -2.52. The Kier molecular flexibility index (Phi) is 10.9. The summed E-state index contributed by atoms with van der Waals surface area (Å²) in [7, 11) is 0. The van der Waals surface area contributed by atoms with Crippen molar-refractivity contribution in [3.05, 3.63) is 148 Å². The van der Waals surface area contributed by atoms with Crippen LogP contribution in [0.4, 0.5) is 34.1 Å². The summed E-state index contributed by atoms with van der Waals surface area (Å²) >= 11 is 2.12. The fourth-order valence-electron chi connectivity index (χ4n) is 16.0. The molecule has 7 aromatic rings. The van der Waals surface area contributed by atoms with Crippen LogP contribution in [0.1, 0.15) is 212 Å². The van der Waals surface area contributed by atoms with Gasteiger partial charge in [-0.2, -0.15) is 0 Å². The van der Waals surface area contributed by atoms with E-state index in [1.54, 1.807) is 16.7 Å². The van der Waals surface area contributed by atoms with Crippen LogP contribution >= 0.6 is 11.3 Å². The van der Waals surface area contributed by atoms with E-state index >= 15 is 0 Å². The quantitative estimate of drug-likeness (QED) is 0.140. The second-order valence-electron chi connectivity index (χ2n) is 28.6. The Morgan fingerprint density at radius 3 is 1.71 bits per heavy atom. The Hall–Kier alpha value is -5.06. The molecule has 2 aliphatic heterocycles. The first-order valence-electron chi connectivity index (χ1n) is 29.4. The molecule has 5 aliphatic carbocycles. The molecule has 1 fully saturated rings. The van der Waals surface area contributed by atoms with E-state index in [4.69, 9.17) is 0 Å². The van der Waals surface area contributed by atoms with E-state index in [1.807, 2.05) is 0 Å². The average Bonchev–Trinajstić information content (AvgIpc) is 3.88. The number of benzene rings is 6. The average molecular weight is 1010 g/mol.